The Morgan fingerprint density at radius 3 is 2.44 bits per heavy atom. The first kappa shape index (κ1) is 12.9. The number of rotatable bonds is 3. The molecule has 1 aliphatic rings. The molecular weight excluding hydrogens is 220 g/mol. The van der Waals surface area contributed by atoms with E-state index < -0.39 is 0 Å². The van der Waals surface area contributed by atoms with Gasteiger partial charge in [0.05, 0.1) is 7.11 Å². The predicted octanol–water partition coefficient (Wildman–Crippen LogP) is 4.48. The summed E-state index contributed by atoms with van der Waals surface area (Å²) in [5, 5.41) is 0. The lowest BCUT2D eigenvalue weighted by Crippen LogP contribution is -2.20. The Balaban J connectivity index is 2.59. The van der Waals surface area contributed by atoms with Gasteiger partial charge in [0.1, 0.15) is 5.75 Å². The zero-order valence-electron chi connectivity index (χ0n) is 12.0. The molecule has 0 amide bonds. The number of aryl methyl sites for hydroxylation is 2. The van der Waals surface area contributed by atoms with Crippen LogP contribution >= 0.6 is 0 Å². The minimum atomic E-state index is -0.00484. The summed E-state index contributed by atoms with van der Waals surface area (Å²) in [6, 6.07) is 4.43. The lowest BCUT2D eigenvalue weighted by atomic mass is 9.76. The van der Waals surface area contributed by atoms with Crippen LogP contribution in [-0.2, 0) is 5.41 Å². The molecule has 0 saturated carbocycles. The Labute approximate surface area is 110 Å². The maximum Gasteiger partial charge on any atom is 0.125 e. The van der Waals surface area contributed by atoms with Gasteiger partial charge in [0, 0.05) is 11.0 Å². The third kappa shape index (κ3) is 2.10. The van der Waals surface area contributed by atoms with Gasteiger partial charge in [-0.1, -0.05) is 49.8 Å². The molecule has 1 aliphatic carbocycles. The largest absolute Gasteiger partial charge is 0.496 e. The second-order valence-electron chi connectivity index (χ2n) is 5.59. The van der Waals surface area contributed by atoms with Crippen molar-refractivity contribution in [2.75, 3.05) is 7.11 Å². The Morgan fingerprint density at radius 2 is 1.89 bits per heavy atom. The molecule has 2 rings (SSSR count). The van der Waals surface area contributed by atoms with E-state index in [1.165, 1.54) is 22.3 Å². The van der Waals surface area contributed by atoms with E-state index >= 15 is 0 Å². The van der Waals surface area contributed by atoms with Gasteiger partial charge in [0.2, 0.25) is 0 Å². The molecule has 1 nitrogen and oxygen atoms in total. The van der Waals surface area contributed by atoms with Gasteiger partial charge in [-0.2, -0.15) is 0 Å². The minimum absolute atomic E-state index is 0.00484. The number of methoxy groups -OCH3 is 1. The van der Waals surface area contributed by atoms with Crippen molar-refractivity contribution >= 4 is 0 Å². The summed E-state index contributed by atoms with van der Waals surface area (Å²) in [6.45, 7) is 8.80. The summed E-state index contributed by atoms with van der Waals surface area (Å²) in [5.74, 6) is 1.02. The highest BCUT2D eigenvalue weighted by molar-refractivity contribution is 5.53. The van der Waals surface area contributed by atoms with Crippen LogP contribution in [0, 0.1) is 13.8 Å². The van der Waals surface area contributed by atoms with Crippen molar-refractivity contribution in [2.24, 2.45) is 0 Å². The molecule has 1 aromatic carbocycles. The highest BCUT2D eigenvalue weighted by Gasteiger charge is 2.29. The number of hydrogen-bond donors (Lipinski definition) is 0. The molecule has 1 heteroatoms. The first-order valence-electron chi connectivity index (χ1n) is 6.49. The molecule has 0 radical (unpaired) electrons. The average Bonchev–Trinajstić information content (AvgIpc) is 2.82. The van der Waals surface area contributed by atoms with Crippen LogP contribution in [-0.4, -0.2) is 7.11 Å². The topological polar surface area (TPSA) is 9.23 Å². The average molecular weight is 242 g/mol. The maximum absolute atomic E-state index is 5.63. The normalized spacial score (nSPS) is 14.8. The molecule has 96 valence electrons. The van der Waals surface area contributed by atoms with E-state index in [0.29, 0.717) is 0 Å². The van der Waals surface area contributed by atoms with Gasteiger partial charge in [0.25, 0.3) is 0 Å². The van der Waals surface area contributed by atoms with Crippen LogP contribution in [0.3, 0.4) is 0 Å². The van der Waals surface area contributed by atoms with Gasteiger partial charge in [0.15, 0.2) is 0 Å². The Hall–Kier alpha value is -1.50. The number of hydrogen-bond acceptors (Lipinski definition) is 1. The summed E-state index contributed by atoms with van der Waals surface area (Å²) in [7, 11) is 1.76. The molecule has 0 fully saturated rings. The maximum atomic E-state index is 5.63. The summed E-state index contributed by atoms with van der Waals surface area (Å²) < 4.78 is 5.63. The molecule has 0 spiro atoms. The van der Waals surface area contributed by atoms with Crippen LogP contribution < -0.4 is 4.74 Å². The molecule has 0 atom stereocenters. The monoisotopic (exact) mass is 242 g/mol. The highest BCUT2D eigenvalue weighted by atomic mass is 16.5. The van der Waals surface area contributed by atoms with Crippen molar-refractivity contribution in [3.8, 4) is 5.75 Å². The van der Waals surface area contributed by atoms with Gasteiger partial charge in [-0.05, 0) is 31.4 Å². The third-order valence-electron chi connectivity index (χ3n) is 3.79. The fraction of sp³-hybridized carbons (Fsp3) is 0.412. The first-order chi connectivity index (χ1) is 8.46. The molecule has 0 saturated heterocycles. The van der Waals surface area contributed by atoms with Gasteiger partial charge in [-0.25, -0.2) is 0 Å². The SMILES string of the molecule is COc1c(C)cc(C)cc1C(C)(C)C1=CCC=C1. The smallest absolute Gasteiger partial charge is 0.125 e. The molecule has 0 unspecified atom stereocenters. The second-order valence-corrected chi connectivity index (χ2v) is 5.59. The Bertz CT molecular complexity index is 519. The number of benzene rings is 1. The zero-order valence-corrected chi connectivity index (χ0v) is 12.0. The van der Waals surface area contributed by atoms with E-state index in [0.717, 1.165) is 12.2 Å². The summed E-state index contributed by atoms with van der Waals surface area (Å²) in [5.41, 5.74) is 5.16. The second kappa shape index (κ2) is 4.64. The Kier molecular flexibility index (Phi) is 3.34. The van der Waals surface area contributed by atoms with Crippen LogP contribution in [0.1, 0.15) is 37.0 Å². The molecule has 0 aliphatic heterocycles. The van der Waals surface area contributed by atoms with Crippen LogP contribution in [0.4, 0.5) is 0 Å². The van der Waals surface area contributed by atoms with Crippen LogP contribution in [0.2, 0.25) is 0 Å². The summed E-state index contributed by atoms with van der Waals surface area (Å²) >= 11 is 0. The van der Waals surface area contributed by atoms with E-state index in [-0.39, 0.29) is 5.41 Å². The number of allylic oxidation sites excluding steroid dienone is 4. The van der Waals surface area contributed by atoms with Crippen molar-refractivity contribution in [2.45, 2.75) is 39.5 Å². The van der Waals surface area contributed by atoms with E-state index in [4.69, 9.17) is 4.74 Å². The van der Waals surface area contributed by atoms with E-state index in [1.54, 1.807) is 7.11 Å². The highest BCUT2D eigenvalue weighted by Crippen LogP contribution is 2.41. The van der Waals surface area contributed by atoms with E-state index in [1.807, 2.05) is 0 Å². The Morgan fingerprint density at radius 1 is 1.17 bits per heavy atom. The van der Waals surface area contributed by atoms with Gasteiger partial charge in [-0.3, -0.25) is 0 Å². The number of ether oxygens (including phenoxy) is 1. The third-order valence-corrected chi connectivity index (χ3v) is 3.79. The summed E-state index contributed by atoms with van der Waals surface area (Å²) in [6.07, 6.45) is 7.80. The molecule has 18 heavy (non-hydrogen) atoms. The minimum Gasteiger partial charge on any atom is -0.496 e. The summed E-state index contributed by atoms with van der Waals surface area (Å²) in [4.78, 5) is 0. The van der Waals surface area contributed by atoms with E-state index in [9.17, 15) is 0 Å². The quantitative estimate of drug-likeness (QED) is 0.759. The van der Waals surface area contributed by atoms with Crippen molar-refractivity contribution in [3.63, 3.8) is 0 Å². The molecule has 1 aromatic rings. The van der Waals surface area contributed by atoms with Crippen LogP contribution in [0.15, 0.2) is 35.9 Å². The van der Waals surface area contributed by atoms with Crippen LogP contribution in [0.25, 0.3) is 0 Å². The van der Waals surface area contributed by atoms with Crippen molar-refractivity contribution in [1.82, 2.24) is 0 Å². The van der Waals surface area contributed by atoms with Crippen LogP contribution in [0.5, 0.6) is 5.75 Å². The predicted molar refractivity (Wildman–Crippen MR) is 77.3 cm³/mol. The molecular formula is C17H22O. The fourth-order valence-corrected chi connectivity index (χ4v) is 2.77. The lowest BCUT2D eigenvalue weighted by Gasteiger charge is -2.29. The standard InChI is InChI=1S/C17H22O/c1-12-10-13(2)16(18-5)15(11-12)17(3,4)14-8-6-7-9-14/h6,8-11H,7H2,1-5H3. The molecule has 0 bridgehead atoms. The molecule has 0 heterocycles. The van der Waals surface area contributed by atoms with Crippen molar-refractivity contribution in [1.29, 1.82) is 0 Å². The van der Waals surface area contributed by atoms with E-state index in [2.05, 4.69) is 58.1 Å². The lowest BCUT2D eigenvalue weighted by molar-refractivity contribution is 0.397. The van der Waals surface area contributed by atoms with Crippen molar-refractivity contribution in [3.05, 3.63) is 52.6 Å². The van der Waals surface area contributed by atoms with Gasteiger partial charge >= 0.3 is 0 Å². The van der Waals surface area contributed by atoms with Gasteiger partial charge < -0.3 is 4.74 Å². The molecule has 0 N–H and O–H groups in total. The van der Waals surface area contributed by atoms with Crippen molar-refractivity contribution < 1.29 is 4.74 Å². The fourth-order valence-electron chi connectivity index (χ4n) is 2.77. The first-order valence-corrected chi connectivity index (χ1v) is 6.49. The zero-order chi connectivity index (χ0) is 13.3. The molecule has 0 aromatic heterocycles. The van der Waals surface area contributed by atoms with Gasteiger partial charge in [-0.15, -0.1) is 0 Å².